The predicted octanol–water partition coefficient (Wildman–Crippen LogP) is 2.61. The third-order valence-corrected chi connectivity index (χ3v) is 3.87. The minimum atomic E-state index is 0.550. The quantitative estimate of drug-likeness (QED) is 0.696. The maximum absolute atomic E-state index is 5.92. The van der Waals surface area contributed by atoms with Crippen molar-refractivity contribution in [2.45, 2.75) is 26.8 Å². The summed E-state index contributed by atoms with van der Waals surface area (Å²) in [7, 11) is 1.94. The van der Waals surface area contributed by atoms with Gasteiger partial charge < -0.3 is 4.57 Å². The number of hydrogen-bond donors (Lipinski definition) is 0. The minimum absolute atomic E-state index is 0.550. The van der Waals surface area contributed by atoms with Crippen LogP contribution in [0.4, 0.5) is 0 Å². The van der Waals surface area contributed by atoms with Gasteiger partial charge in [-0.25, -0.2) is 9.97 Å². The molecule has 0 bridgehead atoms. The summed E-state index contributed by atoms with van der Waals surface area (Å²) in [6.45, 7) is 4.80. The van der Waals surface area contributed by atoms with Gasteiger partial charge in [0.2, 0.25) is 0 Å². The van der Waals surface area contributed by atoms with Gasteiger partial charge in [-0.15, -0.1) is 11.6 Å². The number of rotatable bonds is 4. The molecule has 0 aromatic carbocycles. The summed E-state index contributed by atoms with van der Waals surface area (Å²) in [5.74, 6) is 1.53. The lowest BCUT2D eigenvalue weighted by atomic mass is 10.2. The van der Waals surface area contributed by atoms with Crippen LogP contribution in [0.1, 0.15) is 22.6 Å². The number of alkyl halides is 1. The Kier molecular flexibility index (Phi) is 3.68. The van der Waals surface area contributed by atoms with Crippen LogP contribution in [0.15, 0.2) is 18.5 Å². The molecule has 3 aromatic rings. The van der Waals surface area contributed by atoms with Gasteiger partial charge in [-0.2, -0.15) is 5.10 Å². The Balaban J connectivity index is 2.13. The molecule has 5 nitrogen and oxygen atoms in total. The molecule has 0 saturated carbocycles. The van der Waals surface area contributed by atoms with Gasteiger partial charge in [0, 0.05) is 37.3 Å². The lowest BCUT2D eigenvalue weighted by Gasteiger charge is -2.07. The number of aryl methyl sites for hydroxylation is 4. The van der Waals surface area contributed by atoms with E-state index in [0.717, 1.165) is 41.2 Å². The Morgan fingerprint density at radius 1 is 1.29 bits per heavy atom. The van der Waals surface area contributed by atoms with E-state index in [9.17, 15) is 0 Å². The third kappa shape index (κ3) is 2.53. The molecule has 0 aliphatic rings. The maximum atomic E-state index is 5.92. The van der Waals surface area contributed by atoms with Crippen molar-refractivity contribution in [1.29, 1.82) is 0 Å². The highest BCUT2D eigenvalue weighted by atomic mass is 35.5. The van der Waals surface area contributed by atoms with Gasteiger partial charge >= 0.3 is 0 Å². The van der Waals surface area contributed by atoms with Crippen LogP contribution in [0.2, 0.25) is 0 Å². The van der Waals surface area contributed by atoms with Crippen molar-refractivity contribution >= 4 is 22.8 Å². The van der Waals surface area contributed by atoms with Crippen molar-refractivity contribution in [3.8, 4) is 0 Å². The fourth-order valence-corrected chi connectivity index (χ4v) is 2.77. The Bertz CT molecular complexity index is 787. The largest absolute Gasteiger partial charge is 0.308 e. The summed E-state index contributed by atoms with van der Waals surface area (Å²) < 4.78 is 3.98. The third-order valence-electron chi connectivity index (χ3n) is 3.68. The van der Waals surface area contributed by atoms with E-state index in [4.69, 9.17) is 16.6 Å². The highest BCUT2D eigenvalue weighted by Crippen LogP contribution is 2.20. The maximum Gasteiger partial charge on any atom is 0.160 e. The molecule has 21 heavy (non-hydrogen) atoms. The molecule has 0 radical (unpaired) electrons. The predicted molar refractivity (Wildman–Crippen MR) is 83.7 cm³/mol. The van der Waals surface area contributed by atoms with E-state index in [1.807, 2.05) is 37.1 Å². The SMILES string of the molecule is Cc1nn(C)cc1Cn1c(CCCl)nc2c(C)ccnc21. The van der Waals surface area contributed by atoms with E-state index < -0.39 is 0 Å². The molecule has 0 saturated heterocycles. The normalized spacial score (nSPS) is 11.4. The van der Waals surface area contributed by atoms with Crippen LogP contribution in [0.25, 0.3) is 11.2 Å². The lowest BCUT2D eigenvalue weighted by molar-refractivity contribution is 0.742. The summed E-state index contributed by atoms with van der Waals surface area (Å²) in [6, 6.07) is 1.99. The first-order valence-electron chi connectivity index (χ1n) is 6.96. The summed E-state index contributed by atoms with van der Waals surface area (Å²) in [6.07, 6.45) is 4.61. The minimum Gasteiger partial charge on any atom is -0.308 e. The highest BCUT2D eigenvalue weighted by molar-refractivity contribution is 6.17. The molecule has 0 aliphatic heterocycles. The molecule has 0 fully saturated rings. The second-order valence-electron chi connectivity index (χ2n) is 5.27. The van der Waals surface area contributed by atoms with E-state index >= 15 is 0 Å². The van der Waals surface area contributed by atoms with Gasteiger partial charge in [0.15, 0.2) is 5.65 Å². The van der Waals surface area contributed by atoms with Crippen molar-refractivity contribution < 1.29 is 0 Å². The zero-order valence-corrected chi connectivity index (χ0v) is 13.2. The van der Waals surface area contributed by atoms with E-state index in [1.165, 1.54) is 5.56 Å². The zero-order valence-electron chi connectivity index (χ0n) is 12.5. The molecule has 0 amide bonds. The molecule has 0 atom stereocenters. The molecule has 3 aromatic heterocycles. The van der Waals surface area contributed by atoms with Crippen LogP contribution in [-0.4, -0.2) is 30.2 Å². The van der Waals surface area contributed by atoms with E-state index in [-0.39, 0.29) is 0 Å². The summed E-state index contributed by atoms with van der Waals surface area (Å²) in [5, 5.41) is 4.40. The van der Waals surface area contributed by atoms with Crippen LogP contribution in [-0.2, 0) is 20.0 Å². The van der Waals surface area contributed by atoms with Gasteiger partial charge in [0.05, 0.1) is 12.2 Å². The average molecular weight is 304 g/mol. The molecule has 3 heterocycles. The fraction of sp³-hybridized carbons (Fsp3) is 0.400. The van der Waals surface area contributed by atoms with E-state index in [1.54, 1.807) is 0 Å². The summed E-state index contributed by atoms with van der Waals surface area (Å²) >= 11 is 5.92. The Morgan fingerprint density at radius 3 is 2.76 bits per heavy atom. The zero-order chi connectivity index (χ0) is 15.0. The number of aromatic nitrogens is 5. The van der Waals surface area contributed by atoms with Gasteiger partial charge in [-0.3, -0.25) is 4.68 Å². The standard InChI is InChI=1S/C15H18ClN5/c1-10-5-7-17-15-14(10)18-13(4-6-16)21(15)9-12-8-20(3)19-11(12)2/h5,7-8H,4,6,9H2,1-3H3. The van der Waals surface area contributed by atoms with Crippen molar-refractivity contribution in [3.63, 3.8) is 0 Å². The van der Waals surface area contributed by atoms with Gasteiger partial charge in [0.25, 0.3) is 0 Å². The topological polar surface area (TPSA) is 48.5 Å². The fourth-order valence-electron chi connectivity index (χ4n) is 2.60. The Labute approximate surface area is 128 Å². The van der Waals surface area contributed by atoms with Gasteiger partial charge in [0.1, 0.15) is 11.3 Å². The van der Waals surface area contributed by atoms with Gasteiger partial charge in [-0.05, 0) is 25.5 Å². The number of fused-ring (bicyclic) bond motifs is 1. The second kappa shape index (κ2) is 5.48. The first-order chi connectivity index (χ1) is 10.1. The van der Waals surface area contributed by atoms with Crippen molar-refractivity contribution in [2.75, 3.05) is 5.88 Å². The van der Waals surface area contributed by atoms with E-state index in [0.29, 0.717) is 5.88 Å². The Hall–Kier alpha value is -1.88. The number of hydrogen-bond acceptors (Lipinski definition) is 3. The van der Waals surface area contributed by atoms with Crippen LogP contribution < -0.4 is 0 Å². The average Bonchev–Trinajstić information content (AvgIpc) is 2.94. The molecule has 6 heteroatoms. The molecular weight excluding hydrogens is 286 g/mol. The van der Waals surface area contributed by atoms with Crippen LogP contribution in [0.3, 0.4) is 0 Å². The highest BCUT2D eigenvalue weighted by Gasteiger charge is 2.15. The van der Waals surface area contributed by atoms with Crippen LogP contribution >= 0.6 is 11.6 Å². The summed E-state index contributed by atoms with van der Waals surface area (Å²) in [5.41, 5.74) is 5.22. The van der Waals surface area contributed by atoms with Crippen molar-refractivity contribution in [3.05, 3.63) is 41.1 Å². The van der Waals surface area contributed by atoms with Crippen molar-refractivity contribution in [1.82, 2.24) is 24.3 Å². The monoisotopic (exact) mass is 303 g/mol. The number of imidazole rings is 1. The molecule has 110 valence electrons. The van der Waals surface area contributed by atoms with Crippen molar-refractivity contribution in [2.24, 2.45) is 7.05 Å². The van der Waals surface area contributed by atoms with E-state index in [2.05, 4.69) is 21.6 Å². The molecule has 3 rings (SSSR count). The number of nitrogens with zero attached hydrogens (tertiary/aromatic N) is 5. The molecule has 0 aliphatic carbocycles. The molecule has 0 N–H and O–H groups in total. The van der Waals surface area contributed by atoms with Crippen LogP contribution in [0, 0.1) is 13.8 Å². The number of halogens is 1. The summed E-state index contributed by atoms with van der Waals surface area (Å²) in [4.78, 5) is 9.23. The lowest BCUT2D eigenvalue weighted by Crippen LogP contribution is -2.07. The smallest absolute Gasteiger partial charge is 0.160 e. The molecule has 0 spiro atoms. The first kappa shape index (κ1) is 14.1. The van der Waals surface area contributed by atoms with Crippen LogP contribution in [0.5, 0.6) is 0 Å². The Morgan fingerprint density at radius 2 is 2.10 bits per heavy atom. The number of pyridine rings is 1. The molecular formula is C15H18ClN5. The van der Waals surface area contributed by atoms with Gasteiger partial charge in [-0.1, -0.05) is 0 Å². The second-order valence-corrected chi connectivity index (χ2v) is 5.64. The first-order valence-corrected chi connectivity index (χ1v) is 7.49. The molecule has 0 unspecified atom stereocenters.